The van der Waals surface area contributed by atoms with Crippen molar-refractivity contribution < 1.29 is 4.79 Å². The predicted octanol–water partition coefficient (Wildman–Crippen LogP) is 4.22. The number of fused-ring (bicyclic) bond motifs is 3. The molecule has 0 spiro atoms. The number of amides is 1. The van der Waals surface area contributed by atoms with Gasteiger partial charge in [0.2, 0.25) is 5.91 Å². The average molecular weight is 355 g/mol. The monoisotopic (exact) mass is 355 g/mol. The Kier molecular flexibility index (Phi) is 4.24. The van der Waals surface area contributed by atoms with Crippen LogP contribution in [0.5, 0.6) is 0 Å². The Bertz CT molecular complexity index is 906. The number of aromatic nitrogens is 2. The molecule has 4 rings (SSSR count). The van der Waals surface area contributed by atoms with Crippen LogP contribution in [0.3, 0.4) is 0 Å². The summed E-state index contributed by atoms with van der Waals surface area (Å²) in [6.07, 6.45) is 3.46. The molecule has 0 atom stereocenters. The number of thioether (sulfide) groups is 1. The van der Waals surface area contributed by atoms with Crippen LogP contribution < -0.4 is 5.32 Å². The number of thiophene rings is 1. The maximum Gasteiger partial charge on any atom is 0.234 e. The van der Waals surface area contributed by atoms with Crippen molar-refractivity contribution in [1.82, 2.24) is 9.97 Å². The highest BCUT2D eigenvalue weighted by Crippen LogP contribution is 2.40. The third-order valence-electron chi connectivity index (χ3n) is 4.04. The largest absolute Gasteiger partial charge is 0.325 e. The summed E-state index contributed by atoms with van der Waals surface area (Å²) in [5.41, 5.74) is 2.23. The predicted molar refractivity (Wildman–Crippen MR) is 100.0 cm³/mol. The number of nitrogens with one attached hydrogen (secondary N) is 1. The normalized spacial score (nSPS) is 13.2. The van der Waals surface area contributed by atoms with Crippen LogP contribution in [-0.2, 0) is 17.6 Å². The zero-order valence-corrected chi connectivity index (χ0v) is 15.0. The number of nitrogens with zero attached hydrogens (tertiary/aromatic N) is 2. The Morgan fingerprint density at radius 3 is 2.92 bits per heavy atom. The van der Waals surface area contributed by atoms with E-state index in [2.05, 4.69) is 15.3 Å². The number of aryl methyl sites for hydroxylation is 3. The molecular formula is C18H17N3OS2. The van der Waals surface area contributed by atoms with E-state index in [1.165, 1.54) is 34.0 Å². The first-order chi connectivity index (χ1) is 11.7. The molecule has 24 heavy (non-hydrogen) atoms. The fourth-order valence-electron chi connectivity index (χ4n) is 3.02. The topological polar surface area (TPSA) is 54.9 Å². The fraction of sp³-hybridized carbons (Fsp3) is 0.278. The molecule has 0 fully saturated rings. The Morgan fingerprint density at radius 2 is 2.08 bits per heavy atom. The van der Waals surface area contributed by atoms with Crippen molar-refractivity contribution in [2.75, 3.05) is 11.1 Å². The lowest BCUT2D eigenvalue weighted by atomic mass is 10.2. The minimum atomic E-state index is -0.0116. The van der Waals surface area contributed by atoms with Crippen molar-refractivity contribution in [2.24, 2.45) is 0 Å². The molecule has 122 valence electrons. The molecule has 2 heterocycles. The lowest BCUT2D eigenvalue weighted by Crippen LogP contribution is -2.14. The summed E-state index contributed by atoms with van der Waals surface area (Å²) < 4.78 is 0. The standard InChI is InChI=1S/C18H17N3OS2/c1-11-19-17(16-13-8-5-9-14(13)24-18(16)20-11)23-10-15(22)21-12-6-3-2-4-7-12/h2-4,6-7H,5,8-10H2,1H3,(H,21,22). The van der Waals surface area contributed by atoms with E-state index in [-0.39, 0.29) is 5.91 Å². The van der Waals surface area contributed by atoms with Gasteiger partial charge in [-0.1, -0.05) is 30.0 Å². The number of benzene rings is 1. The van der Waals surface area contributed by atoms with Crippen LogP contribution in [-0.4, -0.2) is 21.6 Å². The van der Waals surface area contributed by atoms with Gasteiger partial charge in [-0.25, -0.2) is 9.97 Å². The van der Waals surface area contributed by atoms with Gasteiger partial charge in [-0.2, -0.15) is 0 Å². The second-order valence-corrected chi connectivity index (χ2v) is 7.86. The fourth-order valence-corrected chi connectivity index (χ4v) is 5.29. The molecule has 0 saturated carbocycles. The molecule has 3 aromatic rings. The number of hydrogen-bond donors (Lipinski definition) is 1. The van der Waals surface area contributed by atoms with Gasteiger partial charge in [0.05, 0.1) is 5.75 Å². The highest BCUT2D eigenvalue weighted by Gasteiger charge is 2.22. The van der Waals surface area contributed by atoms with Crippen LogP contribution in [0.15, 0.2) is 35.4 Å². The van der Waals surface area contributed by atoms with Gasteiger partial charge in [-0.15, -0.1) is 11.3 Å². The van der Waals surface area contributed by atoms with Gasteiger partial charge in [0, 0.05) is 16.0 Å². The molecular weight excluding hydrogens is 338 g/mol. The Labute approximate surface area is 148 Å². The molecule has 0 aliphatic heterocycles. The Balaban J connectivity index is 1.55. The third-order valence-corrected chi connectivity index (χ3v) is 6.20. The maximum absolute atomic E-state index is 12.2. The SMILES string of the molecule is Cc1nc(SCC(=O)Nc2ccccc2)c2c3c(sc2n1)CCC3. The Morgan fingerprint density at radius 1 is 1.25 bits per heavy atom. The summed E-state index contributed by atoms with van der Waals surface area (Å²) in [5.74, 6) is 1.11. The van der Waals surface area contributed by atoms with Crippen molar-refractivity contribution >= 4 is 44.9 Å². The first kappa shape index (κ1) is 15.6. The van der Waals surface area contributed by atoms with Crippen LogP contribution in [0.4, 0.5) is 5.69 Å². The molecule has 1 aromatic carbocycles. The minimum Gasteiger partial charge on any atom is -0.325 e. The molecule has 0 bridgehead atoms. The molecule has 1 aliphatic rings. The lowest BCUT2D eigenvalue weighted by Gasteiger charge is -2.07. The van der Waals surface area contributed by atoms with E-state index in [4.69, 9.17) is 0 Å². The third kappa shape index (κ3) is 3.03. The summed E-state index contributed by atoms with van der Waals surface area (Å²) in [7, 11) is 0. The maximum atomic E-state index is 12.2. The van der Waals surface area contributed by atoms with Crippen LogP contribution in [0.2, 0.25) is 0 Å². The van der Waals surface area contributed by atoms with E-state index in [9.17, 15) is 4.79 Å². The summed E-state index contributed by atoms with van der Waals surface area (Å²) in [4.78, 5) is 23.9. The van der Waals surface area contributed by atoms with Crippen molar-refractivity contribution in [3.63, 3.8) is 0 Å². The Hall–Kier alpha value is -1.92. The molecule has 1 amide bonds. The van der Waals surface area contributed by atoms with E-state index >= 15 is 0 Å². The zero-order chi connectivity index (χ0) is 16.5. The van der Waals surface area contributed by atoms with Gasteiger partial charge in [0.25, 0.3) is 0 Å². The van der Waals surface area contributed by atoms with Gasteiger partial charge in [0.15, 0.2) is 0 Å². The molecule has 4 nitrogen and oxygen atoms in total. The molecule has 0 radical (unpaired) electrons. The number of para-hydroxylation sites is 1. The van der Waals surface area contributed by atoms with Crippen molar-refractivity contribution in [3.05, 3.63) is 46.6 Å². The highest BCUT2D eigenvalue weighted by molar-refractivity contribution is 8.00. The quantitative estimate of drug-likeness (QED) is 0.562. The zero-order valence-electron chi connectivity index (χ0n) is 13.3. The molecule has 1 aliphatic carbocycles. The average Bonchev–Trinajstić information content (AvgIpc) is 3.14. The molecule has 2 aromatic heterocycles. The van der Waals surface area contributed by atoms with Crippen molar-refractivity contribution in [3.8, 4) is 0 Å². The van der Waals surface area contributed by atoms with E-state index < -0.39 is 0 Å². The van der Waals surface area contributed by atoms with Gasteiger partial charge >= 0.3 is 0 Å². The van der Waals surface area contributed by atoms with Crippen LogP contribution in [0, 0.1) is 6.92 Å². The summed E-state index contributed by atoms with van der Waals surface area (Å²) in [6, 6.07) is 9.54. The summed E-state index contributed by atoms with van der Waals surface area (Å²) in [5, 5.41) is 5.04. The van der Waals surface area contributed by atoms with Crippen molar-refractivity contribution in [2.45, 2.75) is 31.2 Å². The number of hydrogen-bond acceptors (Lipinski definition) is 5. The second-order valence-electron chi connectivity index (χ2n) is 5.82. The molecule has 6 heteroatoms. The van der Waals surface area contributed by atoms with Crippen LogP contribution >= 0.6 is 23.1 Å². The summed E-state index contributed by atoms with van der Waals surface area (Å²) in [6.45, 7) is 1.92. The first-order valence-electron chi connectivity index (χ1n) is 7.97. The van der Waals surface area contributed by atoms with E-state index in [0.29, 0.717) is 5.75 Å². The van der Waals surface area contributed by atoms with Gasteiger partial charge in [0.1, 0.15) is 15.7 Å². The van der Waals surface area contributed by atoms with Crippen LogP contribution in [0.1, 0.15) is 22.7 Å². The minimum absolute atomic E-state index is 0.0116. The van der Waals surface area contributed by atoms with E-state index in [0.717, 1.165) is 34.2 Å². The number of rotatable bonds is 4. The first-order valence-corrected chi connectivity index (χ1v) is 9.77. The van der Waals surface area contributed by atoms with Gasteiger partial charge in [-0.05, 0) is 43.9 Å². The van der Waals surface area contributed by atoms with Crippen LogP contribution in [0.25, 0.3) is 10.2 Å². The van der Waals surface area contributed by atoms with E-state index in [1.54, 1.807) is 11.3 Å². The van der Waals surface area contributed by atoms with Crippen molar-refractivity contribution in [1.29, 1.82) is 0 Å². The van der Waals surface area contributed by atoms with E-state index in [1.807, 2.05) is 37.3 Å². The van der Waals surface area contributed by atoms with Gasteiger partial charge < -0.3 is 5.32 Å². The van der Waals surface area contributed by atoms with Gasteiger partial charge in [-0.3, -0.25) is 4.79 Å². The number of carbonyl (C=O) groups excluding carboxylic acids is 1. The number of carbonyl (C=O) groups is 1. The molecule has 1 N–H and O–H groups in total. The second kappa shape index (κ2) is 6.53. The highest BCUT2D eigenvalue weighted by atomic mass is 32.2. The smallest absolute Gasteiger partial charge is 0.234 e. The lowest BCUT2D eigenvalue weighted by molar-refractivity contribution is -0.113. The molecule has 0 saturated heterocycles. The molecule has 0 unspecified atom stereocenters. The number of anilines is 1. The summed E-state index contributed by atoms with van der Waals surface area (Å²) >= 11 is 3.29.